The van der Waals surface area contributed by atoms with Crippen molar-refractivity contribution in [3.8, 4) is 0 Å². The monoisotopic (exact) mass is 236 g/mol. The first-order chi connectivity index (χ1) is 5.61. The lowest BCUT2D eigenvalue weighted by Crippen LogP contribution is -2.07. The highest BCUT2D eigenvalue weighted by Gasteiger charge is 2.18. The maximum absolute atomic E-state index is 12.0. The summed E-state index contributed by atoms with van der Waals surface area (Å²) < 4.78 is 24.6. The van der Waals surface area contributed by atoms with Gasteiger partial charge in [0.2, 0.25) is 0 Å². The van der Waals surface area contributed by atoms with E-state index in [1.807, 2.05) is 0 Å². The standard InChI is InChI=1S/C8H7BrF2O/c9-6-3-1-2-5(4-6)7(12)8(10)11/h1-4,7-8,12H. The second kappa shape index (κ2) is 3.96. The molecule has 4 heteroatoms. The lowest BCUT2D eigenvalue weighted by atomic mass is 10.1. The van der Waals surface area contributed by atoms with Crippen molar-refractivity contribution in [2.75, 3.05) is 0 Å². The molecule has 0 aliphatic rings. The number of aliphatic hydroxyl groups is 1. The Bertz CT molecular complexity index is 265. The van der Waals surface area contributed by atoms with Crippen LogP contribution in [-0.4, -0.2) is 11.5 Å². The summed E-state index contributed by atoms with van der Waals surface area (Å²) in [7, 11) is 0. The van der Waals surface area contributed by atoms with E-state index in [0.29, 0.717) is 4.47 Å². The van der Waals surface area contributed by atoms with Crippen LogP contribution in [0.2, 0.25) is 0 Å². The molecule has 1 aromatic carbocycles. The van der Waals surface area contributed by atoms with Gasteiger partial charge >= 0.3 is 0 Å². The molecule has 1 atom stereocenters. The Morgan fingerprint density at radius 3 is 2.50 bits per heavy atom. The number of halogens is 3. The minimum Gasteiger partial charge on any atom is -0.382 e. The van der Waals surface area contributed by atoms with Gasteiger partial charge in [0, 0.05) is 4.47 Å². The van der Waals surface area contributed by atoms with Crippen molar-refractivity contribution >= 4 is 15.9 Å². The molecule has 12 heavy (non-hydrogen) atoms. The molecule has 1 unspecified atom stereocenters. The second-order valence-electron chi connectivity index (χ2n) is 2.33. The molecule has 0 amide bonds. The van der Waals surface area contributed by atoms with Gasteiger partial charge in [-0.15, -0.1) is 0 Å². The summed E-state index contributed by atoms with van der Waals surface area (Å²) >= 11 is 3.12. The molecule has 0 aromatic heterocycles. The fourth-order valence-corrected chi connectivity index (χ4v) is 1.25. The van der Waals surface area contributed by atoms with Gasteiger partial charge in [-0.2, -0.15) is 0 Å². The molecule has 0 spiro atoms. The molecule has 1 aromatic rings. The third kappa shape index (κ3) is 2.25. The first-order valence-electron chi connectivity index (χ1n) is 3.33. The Hall–Kier alpha value is -0.480. The van der Waals surface area contributed by atoms with Crippen molar-refractivity contribution in [3.63, 3.8) is 0 Å². The smallest absolute Gasteiger partial charge is 0.268 e. The number of aliphatic hydroxyl groups excluding tert-OH is 1. The van der Waals surface area contributed by atoms with Crippen LogP contribution in [0, 0.1) is 0 Å². The van der Waals surface area contributed by atoms with Gasteiger partial charge in [-0.25, -0.2) is 8.78 Å². The highest BCUT2D eigenvalue weighted by Crippen LogP contribution is 2.22. The molecule has 0 radical (unpaired) electrons. The third-order valence-corrected chi connectivity index (χ3v) is 1.92. The van der Waals surface area contributed by atoms with Crippen LogP contribution in [0.15, 0.2) is 28.7 Å². The van der Waals surface area contributed by atoms with Crippen molar-refractivity contribution in [1.29, 1.82) is 0 Å². The van der Waals surface area contributed by atoms with E-state index in [1.54, 1.807) is 12.1 Å². The minimum atomic E-state index is -2.74. The third-order valence-electron chi connectivity index (χ3n) is 1.43. The zero-order chi connectivity index (χ0) is 9.14. The second-order valence-corrected chi connectivity index (χ2v) is 3.25. The Morgan fingerprint density at radius 1 is 1.33 bits per heavy atom. The lowest BCUT2D eigenvalue weighted by Gasteiger charge is -2.09. The number of hydrogen-bond donors (Lipinski definition) is 1. The predicted molar refractivity (Wildman–Crippen MR) is 45.1 cm³/mol. The van der Waals surface area contributed by atoms with E-state index in [4.69, 9.17) is 5.11 Å². The van der Waals surface area contributed by atoms with Crippen LogP contribution in [0.3, 0.4) is 0 Å². The number of benzene rings is 1. The Kier molecular flexibility index (Phi) is 3.17. The van der Waals surface area contributed by atoms with E-state index in [0.717, 1.165) is 0 Å². The maximum atomic E-state index is 12.0. The van der Waals surface area contributed by atoms with Crippen molar-refractivity contribution in [2.45, 2.75) is 12.5 Å². The topological polar surface area (TPSA) is 20.2 Å². The predicted octanol–water partition coefficient (Wildman–Crippen LogP) is 2.75. The van der Waals surface area contributed by atoms with Gasteiger partial charge in [0.15, 0.2) is 0 Å². The number of alkyl halides is 2. The van der Waals surface area contributed by atoms with Crippen LogP contribution in [0.25, 0.3) is 0 Å². The average molecular weight is 237 g/mol. The van der Waals surface area contributed by atoms with Crippen molar-refractivity contribution < 1.29 is 13.9 Å². The first-order valence-corrected chi connectivity index (χ1v) is 4.12. The van der Waals surface area contributed by atoms with Crippen LogP contribution in [0.1, 0.15) is 11.7 Å². The van der Waals surface area contributed by atoms with E-state index < -0.39 is 12.5 Å². The Morgan fingerprint density at radius 2 is 2.00 bits per heavy atom. The van der Waals surface area contributed by atoms with E-state index in [-0.39, 0.29) is 5.56 Å². The Balaban J connectivity index is 2.88. The molecule has 1 rings (SSSR count). The summed E-state index contributed by atoms with van der Waals surface area (Å²) in [6.07, 6.45) is -4.43. The molecule has 66 valence electrons. The van der Waals surface area contributed by atoms with Crippen molar-refractivity contribution in [2.24, 2.45) is 0 Å². The zero-order valence-corrected chi connectivity index (χ0v) is 7.63. The fraction of sp³-hybridized carbons (Fsp3) is 0.250. The van der Waals surface area contributed by atoms with Gasteiger partial charge in [-0.3, -0.25) is 0 Å². The zero-order valence-electron chi connectivity index (χ0n) is 6.05. The molecule has 1 N–H and O–H groups in total. The van der Waals surface area contributed by atoms with E-state index in [9.17, 15) is 8.78 Å². The van der Waals surface area contributed by atoms with Gasteiger partial charge in [-0.05, 0) is 17.7 Å². The van der Waals surface area contributed by atoms with Crippen LogP contribution >= 0.6 is 15.9 Å². The summed E-state index contributed by atoms with van der Waals surface area (Å²) in [4.78, 5) is 0. The van der Waals surface area contributed by atoms with E-state index >= 15 is 0 Å². The minimum absolute atomic E-state index is 0.222. The van der Waals surface area contributed by atoms with E-state index in [1.165, 1.54) is 12.1 Å². The largest absolute Gasteiger partial charge is 0.382 e. The molecule has 0 fully saturated rings. The van der Waals surface area contributed by atoms with E-state index in [2.05, 4.69) is 15.9 Å². The Labute approximate surface area is 77.2 Å². The lowest BCUT2D eigenvalue weighted by molar-refractivity contribution is -0.00580. The highest BCUT2D eigenvalue weighted by atomic mass is 79.9. The van der Waals surface area contributed by atoms with Crippen molar-refractivity contribution in [1.82, 2.24) is 0 Å². The summed E-state index contributed by atoms with van der Waals surface area (Å²) in [5, 5.41) is 8.95. The summed E-state index contributed by atoms with van der Waals surface area (Å²) in [5.74, 6) is 0. The molecular weight excluding hydrogens is 230 g/mol. The number of rotatable bonds is 2. The SMILES string of the molecule is OC(c1cccc(Br)c1)C(F)F. The quantitative estimate of drug-likeness (QED) is 0.838. The summed E-state index contributed by atoms with van der Waals surface area (Å²) in [6.45, 7) is 0. The molecule has 0 bridgehead atoms. The van der Waals surface area contributed by atoms with Gasteiger partial charge < -0.3 is 5.11 Å². The summed E-state index contributed by atoms with van der Waals surface area (Å²) in [6, 6.07) is 6.24. The van der Waals surface area contributed by atoms with Gasteiger partial charge in [-0.1, -0.05) is 28.1 Å². The van der Waals surface area contributed by atoms with Gasteiger partial charge in [0.25, 0.3) is 6.43 Å². The molecule has 0 aliphatic heterocycles. The molecule has 0 saturated carbocycles. The van der Waals surface area contributed by atoms with Crippen LogP contribution < -0.4 is 0 Å². The molecule has 0 saturated heterocycles. The molecule has 0 aliphatic carbocycles. The fourth-order valence-electron chi connectivity index (χ4n) is 0.836. The molecule has 1 nitrogen and oxygen atoms in total. The number of hydrogen-bond acceptors (Lipinski definition) is 1. The van der Waals surface area contributed by atoms with Gasteiger partial charge in [0.05, 0.1) is 0 Å². The van der Waals surface area contributed by atoms with Crippen molar-refractivity contribution in [3.05, 3.63) is 34.3 Å². The first kappa shape index (κ1) is 9.61. The molecular formula is C8H7BrF2O. The van der Waals surface area contributed by atoms with Gasteiger partial charge in [0.1, 0.15) is 6.10 Å². The molecule has 0 heterocycles. The average Bonchev–Trinajstić information content (AvgIpc) is 2.03. The van der Waals surface area contributed by atoms with Crippen LogP contribution in [0.4, 0.5) is 8.78 Å². The van der Waals surface area contributed by atoms with Crippen LogP contribution in [-0.2, 0) is 0 Å². The van der Waals surface area contributed by atoms with Crippen LogP contribution in [0.5, 0.6) is 0 Å². The summed E-state index contributed by atoms with van der Waals surface area (Å²) in [5.41, 5.74) is 0.222. The normalized spacial score (nSPS) is 13.4. The maximum Gasteiger partial charge on any atom is 0.268 e. The highest BCUT2D eigenvalue weighted by molar-refractivity contribution is 9.10.